The van der Waals surface area contributed by atoms with Gasteiger partial charge in [-0.15, -0.1) is 10.2 Å². The Bertz CT molecular complexity index is 860. The highest BCUT2D eigenvalue weighted by molar-refractivity contribution is 8.00. The molecule has 2 fully saturated rings. The average molecular weight is 417 g/mol. The van der Waals surface area contributed by atoms with Crippen molar-refractivity contribution in [3.8, 4) is 11.4 Å². The number of carbonyl (C=O) groups is 1. The first-order valence-corrected chi connectivity index (χ1v) is 11.6. The normalized spacial score (nSPS) is 18.6. The number of thioether (sulfide) groups is 1. The molecule has 4 rings (SSSR count). The van der Waals surface area contributed by atoms with Gasteiger partial charge in [-0.1, -0.05) is 43.2 Å². The van der Waals surface area contributed by atoms with Gasteiger partial charge in [-0.2, -0.15) is 0 Å². The summed E-state index contributed by atoms with van der Waals surface area (Å²) >= 11 is 1.45. The van der Waals surface area contributed by atoms with Crippen molar-refractivity contribution in [1.82, 2.24) is 19.7 Å². The maximum Gasteiger partial charge on any atom is 0.236 e. The second-order valence-corrected chi connectivity index (χ2v) is 9.37. The highest BCUT2D eigenvalue weighted by Crippen LogP contribution is 2.42. The molecule has 0 aliphatic heterocycles. The monoisotopic (exact) mass is 416 g/mol. The maximum atomic E-state index is 14.3. The molecule has 2 aliphatic carbocycles. The summed E-state index contributed by atoms with van der Waals surface area (Å²) in [4.78, 5) is 15.2. The van der Waals surface area contributed by atoms with Gasteiger partial charge in [-0.05, 0) is 51.7 Å². The predicted molar refractivity (Wildman–Crippen MR) is 113 cm³/mol. The Morgan fingerprint density at radius 2 is 1.93 bits per heavy atom. The van der Waals surface area contributed by atoms with Crippen LogP contribution in [0.1, 0.15) is 64.8 Å². The molecule has 2 aromatic rings. The summed E-state index contributed by atoms with van der Waals surface area (Å²) in [6.07, 6.45) is 7.97. The Labute approximate surface area is 176 Å². The number of amides is 1. The molecule has 1 aromatic heterocycles. The fraction of sp³-hybridized carbons (Fsp3) is 0.591. The Balaban J connectivity index is 1.54. The zero-order valence-electron chi connectivity index (χ0n) is 17.2. The van der Waals surface area contributed by atoms with Gasteiger partial charge < -0.3 is 4.90 Å². The van der Waals surface area contributed by atoms with Crippen molar-refractivity contribution in [2.45, 2.75) is 81.3 Å². The van der Waals surface area contributed by atoms with Gasteiger partial charge in [0.25, 0.3) is 0 Å². The third-order valence-corrected chi connectivity index (χ3v) is 7.00. The predicted octanol–water partition coefficient (Wildman–Crippen LogP) is 5.08. The Hall–Kier alpha value is -1.89. The highest BCUT2D eigenvalue weighted by Gasteiger charge is 2.34. The second kappa shape index (κ2) is 8.86. The van der Waals surface area contributed by atoms with E-state index in [2.05, 4.69) is 17.1 Å². The van der Waals surface area contributed by atoms with Gasteiger partial charge in [0.05, 0.1) is 10.8 Å². The summed E-state index contributed by atoms with van der Waals surface area (Å²) in [7, 11) is 0. The van der Waals surface area contributed by atoms with E-state index in [0.717, 1.165) is 32.2 Å². The molecule has 1 amide bonds. The van der Waals surface area contributed by atoms with E-state index in [-0.39, 0.29) is 17.0 Å². The van der Waals surface area contributed by atoms with Crippen LogP contribution in [0, 0.1) is 5.82 Å². The van der Waals surface area contributed by atoms with Gasteiger partial charge in [0, 0.05) is 18.6 Å². The lowest BCUT2D eigenvalue weighted by Gasteiger charge is -2.35. The molecular weight excluding hydrogens is 387 g/mol. The summed E-state index contributed by atoms with van der Waals surface area (Å²) in [6.45, 7) is 4.75. The fourth-order valence-corrected chi connectivity index (χ4v) is 5.26. The summed E-state index contributed by atoms with van der Waals surface area (Å²) in [5.74, 6) is 0.437. The Morgan fingerprint density at radius 3 is 2.59 bits per heavy atom. The lowest BCUT2D eigenvalue weighted by molar-refractivity contribution is -0.133. The molecule has 7 heteroatoms. The van der Waals surface area contributed by atoms with E-state index in [0.29, 0.717) is 28.6 Å². The largest absolute Gasteiger partial charge is 0.339 e. The molecule has 2 saturated carbocycles. The molecule has 0 spiro atoms. The lowest BCUT2D eigenvalue weighted by atomic mass is 9.94. The van der Waals surface area contributed by atoms with Crippen molar-refractivity contribution in [2.75, 3.05) is 6.54 Å². The standard InChI is InChI=1S/C22H29FN4OS/c1-3-26(16-9-5-4-6-10-16)21(28)15(2)29-22-25-24-20(27(22)17-13-14-17)18-11-7-8-12-19(18)23/h7-8,11-12,15-17H,3-6,9-10,13-14H2,1-2H3. The average Bonchev–Trinajstić information content (AvgIpc) is 3.50. The zero-order chi connectivity index (χ0) is 20.4. The molecule has 1 heterocycles. The number of hydrogen-bond donors (Lipinski definition) is 0. The highest BCUT2D eigenvalue weighted by atomic mass is 32.2. The topological polar surface area (TPSA) is 51.0 Å². The summed E-state index contributed by atoms with van der Waals surface area (Å²) in [5.41, 5.74) is 0.468. The third-order valence-electron chi connectivity index (χ3n) is 5.96. The summed E-state index contributed by atoms with van der Waals surface area (Å²) in [5, 5.41) is 9.13. The van der Waals surface area contributed by atoms with Crippen LogP contribution in [0.4, 0.5) is 4.39 Å². The maximum absolute atomic E-state index is 14.3. The van der Waals surface area contributed by atoms with Crippen LogP contribution in [-0.4, -0.2) is 43.4 Å². The number of nitrogens with zero attached hydrogens (tertiary/aromatic N) is 4. The number of rotatable bonds is 7. The molecule has 1 atom stereocenters. The molecular formula is C22H29FN4OS. The van der Waals surface area contributed by atoms with Gasteiger partial charge >= 0.3 is 0 Å². The molecule has 0 saturated heterocycles. The summed E-state index contributed by atoms with van der Waals surface area (Å²) in [6, 6.07) is 7.33. The number of benzene rings is 1. The van der Waals surface area contributed by atoms with Crippen LogP contribution >= 0.6 is 11.8 Å². The van der Waals surface area contributed by atoms with Crippen LogP contribution in [-0.2, 0) is 4.79 Å². The van der Waals surface area contributed by atoms with Crippen LogP contribution in [0.25, 0.3) is 11.4 Å². The van der Waals surface area contributed by atoms with Gasteiger partial charge in [-0.25, -0.2) is 4.39 Å². The van der Waals surface area contributed by atoms with Crippen LogP contribution in [0.2, 0.25) is 0 Å². The van der Waals surface area contributed by atoms with Crippen molar-refractivity contribution in [3.63, 3.8) is 0 Å². The van der Waals surface area contributed by atoms with Crippen molar-refractivity contribution in [1.29, 1.82) is 0 Å². The van der Waals surface area contributed by atoms with E-state index in [1.165, 1.54) is 37.1 Å². The zero-order valence-corrected chi connectivity index (χ0v) is 18.0. The van der Waals surface area contributed by atoms with Crippen molar-refractivity contribution in [2.24, 2.45) is 0 Å². The lowest BCUT2D eigenvalue weighted by Crippen LogP contribution is -2.44. The molecule has 5 nitrogen and oxygen atoms in total. The molecule has 0 bridgehead atoms. The smallest absolute Gasteiger partial charge is 0.236 e. The molecule has 1 aromatic carbocycles. The minimum Gasteiger partial charge on any atom is -0.339 e. The first-order chi connectivity index (χ1) is 14.1. The summed E-state index contributed by atoms with van der Waals surface area (Å²) < 4.78 is 16.4. The van der Waals surface area contributed by atoms with Crippen molar-refractivity contribution >= 4 is 17.7 Å². The van der Waals surface area contributed by atoms with E-state index in [4.69, 9.17) is 0 Å². The molecule has 0 radical (unpaired) electrons. The second-order valence-electron chi connectivity index (χ2n) is 8.06. The van der Waals surface area contributed by atoms with Crippen LogP contribution < -0.4 is 0 Å². The quantitative estimate of drug-likeness (QED) is 0.591. The SMILES string of the molecule is CCN(C(=O)C(C)Sc1nnc(-c2ccccc2F)n1C1CC1)C1CCCCC1. The first-order valence-electron chi connectivity index (χ1n) is 10.8. The minimum absolute atomic E-state index is 0.169. The van der Waals surface area contributed by atoms with Gasteiger partial charge in [0.1, 0.15) is 5.82 Å². The van der Waals surface area contributed by atoms with Crippen LogP contribution in [0.5, 0.6) is 0 Å². The van der Waals surface area contributed by atoms with Gasteiger partial charge in [-0.3, -0.25) is 9.36 Å². The molecule has 1 unspecified atom stereocenters. The van der Waals surface area contributed by atoms with Gasteiger partial charge in [0.15, 0.2) is 11.0 Å². The van der Waals surface area contributed by atoms with Crippen LogP contribution in [0.3, 0.4) is 0 Å². The first kappa shape index (κ1) is 20.4. The Morgan fingerprint density at radius 1 is 1.21 bits per heavy atom. The molecule has 2 aliphatic rings. The number of aromatic nitrogens is 3. The number of hydrogen-bond acceptors (Lipinski definition) is 4. The van der Waals surface area contributed by atoms with E-state index in [9.17, 15) is 9.18 Å². The number of halogens is 1. The molecule has 29 heavy (non-hydrogen) atoms. The minimum atomic E-state index is -0.295. The van der Waals surface area contributed by atoms with Crippen molar-refractivity contribution in [3.05, 3.63) is 30.1 Å². The molecule has 156 valence electrons. The Kier molecular flexibility index (Phi) is 6.23. The molecule has 0 N–H and O–H groups in total. The van der Waals surface area contributed by atoms with E-state index in [1.54, 1.807) is 12.1 Å². The van der Waals surface area contributed by atoms with Crippen molar-refractivity contribution < 1.29 is 9.18 Å². The fourth-order valence-electron chi connectivity index (χ4n) is 4.27. The van der Waals surface area contributed by atoms with Crippen LogP contribution in [0.15, 0.2) is 29.4 Å². The van der Waals surface area contributed by atoms with E-state index >= 15 is 0 Å². The third kappa shape index (κ3) is 4.34. The van der Waals surface area contributed by atoms with Gasteiger partial charge in [0.2, 0.25) is 5.91 Å². The number of carbonyl (C=O) groups excluding carboxylic acids is 1. The van der Waals surface area contributed by atoms with E-state index in [1.807, 2.05) is 22.5 Å². The van der Waals surface area contributed by atoms with E-state index < -0.39 is 0 Å².